The van der Waals surface area contributed by atoms with Gasteiger partial charge in [-0.25, -0.2) is 4.98 Å². The second kappa shape index (κ2) is 7.09. The molecule has 27 heavy (non-hydrogen) atoms. The van der Waals surface area contributed by atoms with Crippen molar-refractivity contribution in [3.05, 3.63) is 27.7 Å². The van der Waals surface area contributed by atoms with E-state index in [0.29, 0.717) is 35.7 Å². The number of pyridine rings is 1. The first-order valence-corrected chi connectivity index (χ1v) is 9.60. The molecule has 0 radical (unpaired) electrons. The highest BCUT2D eigenvalue weighted by Crippen LogP contribution is 2.40. The maximum atomic E-state index is 13.0. The summed E-state index contributed by atoms with van der Waals surface area (Å²) in [6.45, 7) is 2.99. The summed E-state index contributed by atoms with van der Waals surface area (Å²) in [5, 5.41) is 9.51. The summed E-state index contributed by atoms with van der Waals surface area (Å²) in [6.07, 6.45) is 4.07. The van der Waals surface area contributed by atoms with Gasteiger partial charge in [0.05, 0.1) is 17.6 Å². The van der Waals surface area contributed by atoms with Gasteiger partial charge < -0.3 is 15.4 Å². The zero-order valence-electron chi connectivity index (χ0n) is 15.9. The van der Waals surface area contributed by atoms with Gasteiger partial charge in [0.2, 0.25) is 0 Å². The number of hydrogen-bond donors (Lipinski definition) is 3. The second-order valence-corrected chi connectivity index (χ2v) is 7.93. The molecule has 2 fully saturated rings. The number of aromatic nitrogens is 3. The van der Waals surface area contributed by atoms with Crippen molar-refractivity contribution in [1.29, 1.82) is 0 Å². The summed E-state index contributed by atoms with van der Waals surface area (Å²) in [7, 11) is 3.45. The number of rotatable bonds is 6. The van der Waals surface area contributed by atoms with Crippen LogP contribution in [0.1, 0.15) is 47.7 Å². The smallest absolute Gasteiger partial charge is 0.274 e. The third kappa shape index (κ3) is 3.51. The van der Waals surface area contributed by atoms with E-state index in [2.05, 4.69) is 20.7 Å². The number of H-pyrrole nitrogens is 1. The van der Waals surface area contributed by atoms with Crippen molar-refractivity contribution in [2.45, 2.75) is 31.6 Å². The van der Waals surface area contributed by atoms with E-state index in [9.17, 15) is 9.59 Å². The zero-order valence-corrected chi connectivity index (χ0v) is 15.9. The average molecular weight is 373 g/mol. The molecule has 0 aromatic carbocycles. The Balaban J connectivity index is 1.63. The molecule has 2 aliphatic rings. The number of fused-ring (bicyclic) bond motifs is 1. The first kappa shape index (κ1) is 18.2. The number of carbonyl (C=O) groups excluding carboxylic acids is 1. The molecule has 8 nitrogen and oxygen atoms in total. The van der Waals surface area contributed by atoms with Gasteiger partial charge in [-0.2, -0.15) is 0 Å². The van der Waals surface area contributed by atoms with Crippen LogP contribution < -0.4 is 16.2 Å². The Hall–Kier alpha value is -2.19. The molecule has 2 aromatic rings. The molecule has 0 atom stereocenters. The van der Waals surface area contributed by atoms with Crippen LogP contribution in [0.5, 0.6) is 0 Å². The first-order valence-electron chi connectivity index (χ1n) is 9.60. The molecule has 0 unspecified atom stereocenters. The Kier molecular flexibility index (Phi) is 4.77. The van der Waals surface area contributed by atoms with Crippen molar-refractivity contribution in [2.75, 3.05) is 33.4 Å². The Bertz CT molecular complexity index is 900. The monoisotopic (exact) mass is 373 g/mol. The van der Waals surface area contributed by atoms with E-state index in [1.54, 1.807) is 24.9 Å². The van der Waals surface area contributed by atoms with Gasteiger partial charge in [0.1, 0.15) is 0 Å². The third-order valence-corrected chi connectivity index (χ3v) is 5.81. The maximum absolute atomic E-state index is 13.0. The summed E-state index contributed by atoms with van der Waals surface area (Å²) in [5.41, 5.74) is 1.52. The summed E-state index contributed by atoms with van der Waals surface area (Å²) < 4.78 is 7.02. The molecule has 1 saturated carbocycles. The lowest BCUT2D eigenvalue weighted by atomic mass is 9.79. The minimum Gasteiger partial charge on any atom is -0.384 e. The molecule has 1 aliphatic heterocycles. The van der Waals surface area contributed by atoms with E-state index >= 15 is 0 Å². The SMILES string of the molecule is COCC1(CNC(=O)c2cc(C3CC3)nc3c2c(=O)[nH]n3C)CCNCC1. The van der Waals surface area contributed by atoms with E-state index in [1.165, 1.54) is 0 Å². The molecule has 1 saturated heterocycles. The highest BCUT2D eigenvalue weighted by Gasteiger charge is 2.33. The van der Waals surface area contributed by atoms with Gasteiger partial charge in [0, 0.05) is 37.7 Å². The lowest BCUT2D eigenvalue weighted by Crippen LogP contribution is -2.47. The standard InChI is InChI=1S/C19H27N5O3/c1-24-16-15(18(26)23-24)13(9-14(22-16)12-3-4-12)17(25)21-10-19(11-27-2)5-7-20-8-6-19/h9,12,20H,3-8,10-11H2,1-2H3,(H,21,25)(H,23,26). The van der Waals surface area contributed by atoms with Crippen LogP contribution in [0.15, 0.2) is 10.9 Å². The Morgan fingerprint density at radius 2 is 2.15 bits per heavy atom. The highest BCUT2D eigenvalue weighted by atomic mass is 16.5. The number of amides is 1. The molecule has 3 heterocycles. The molecule has 8 heteroatoms. The van der Waals surface area contributed by atoms with E-state index in [1.807, 2.05) is 0 Å². The molecule has 2 aromatic heterocycles. The summed E-state index contributed by atoms with van der Waals surface area (Å²) in [4.78, 5) is 30.0. The normalized spacial score (nSPS) is 19.3. The fourth-order valence-corrected chi connectivity index (χ4v) is 4.04. The van der Waals surface area contributed by atoms with Crippen molar-refractivity contribution in [2.24, 2.45) is 12.5 Å². The van der Waals surface area contributed by atoms with E-state index in [-0.39, 0.29) is 16.9 Å². The van der Waals surface area contributed by atoms with Crippen LogP contribution in [-0.2, 0) is 11.8 Å². The number of nitrogens with one attached hydrogen (secondary N) is 3. The lowest BCUT2D eigenvalue weighted by molar-refractivity contribution is 0.0512. The predicted molar refractivity (Wildman–Crippen MR) is 102 cm³/mol. The van der Waals surface area contributed by atoms with Gasteiger partial charge in [-0.15, -0.1) is 0 Å². The quantitative estimate of drug-likeness (QED) is 0.698. The van der Waals surface area contributed by atoms with Crippen LogP contribution in [0.25, 0.3) is 11.0 Å². The number of carbonyl (C=O) groups is 1. The molecular weight excluding hydrogens is 346 g/mol. The number of hydrogen-bond acceptors (Lipinski definition) is 5. The van der Waals surface area contributed by atoms with Crippen molar-refractivity contribution in [1.82, 2.24) is 25.4 Å². The topological polar surface area (TPSA) is 101 Å². The van der Waals surface area contributed by atoms with Crippen LogP contribution in [0.2, 0.25) is 0 Å². The maximum Gasteiger partial charge on any atom is 0.274 e. The van der Waals surface area contributed by atoms with Crippen LogP contribution in [0.3, 0.4) is 0 Å². The fourth-order valence-electron chi connectivity index (χ4n) is 4.04. The number of piperidine rings is 1. The van der Waals surface area contributed by atoms with Gasteiger partial charge >= 0.3 is 0 Å². The number of aryl methyl sites for hydroxylation is 1. The predicted octanol–water partition coefficient (Wildman–Crippen LogP) is 0.885. The van der Waals surface area contributed by atoms with Crippen LogP contribution >= 0.6 is 0 Å². The number of ether oxygens (including phenoxy) is 1. The summed E-state index contributed by atoms with van der Waals surface area (Å²) in [6, 6.07) is 1.80. The van der Waals surface area contributed by atoms with E-state index < -0.39 is 0 Å². The van der Waals surface area contributed by atoms with Crippen LogP contribution in [0.4, 0.5) is 0 Å². The highest BCUT2D eigenvalue weighted by molar-refractivity contribution is 6.05. The molecule has 146 valence electrons. The summed E-state index contributed by atoms with van der Waals surface area (Å²) >= 11 is 0. The zero-order chi connectivity index (χ0) is 19.0. The fraction of sp³-hybridized carbons (Fsp3) is 0.632. The lowest BCUT2D eigenvalue weighted by Gasteiger charge is -2.37. The van der Waals surface area contributed by atoms with Crippen molar-refractivity contribution >= 4 is 16.9 Å². The molecule has 3 N–H and O–H groups in total. The number of aromatic amines is 1. The van der Waals surface area contributed by atoms with Gasteiger partial charge in [0.25, 0.3) is 11.5 Å². The molecule has 1 amide bonds. The van der Waals surface area contributed by atoms with E-state index in [4.69, 9.17) is 4.74 Å². The molecular formula is C19H27N5O3. The van der Waals surface area contributed by atoms with Crippen LogP contribution in [0, 0.1) is 5.41 Å². The number of nitrogens with zero attached hydrogens (tertiary/aromatic N) is 2. The van der Waals surface area contributed by atoms with Gasteiger partial charge in [-0.1, -0.05) is 0 Å². The minimum atomic E-state index is -0.277. The number of methoxy groups -OCH3 is 1. The van der Waals surface area contributed by atoms with E-state index in [0.717, 1.165) is 44.5 Å². The Morgan fingerprint density at radius 1 is 1.41 bits per heavy atom. The van der Waals surface area contributed by atoms with Gasteiger partial charge in [0.15, 0.2) is 5.65 Å². The molecule has 0 bridgehead atoms. The molecule has 0 spiro atoms. The second-order valence-electron chi connectivity index (χ2n) is 7.93. The Labute approximate surface area is 157 Å². The molecule has 4 rings (SSSR count). The molecule has 1 aliphatic carbocycles. The summed E-state index contributed by atoms with van der Waals surface area (Å²) in [5.74, 6) is 0.185. The van der Waals surface area contributed by atoms with Crippen molar-refractivity contribution < 1.29 is 9.53 Å². The van der Waals surface area contributed by atoms with Gasteiger partial charge in [-0.05, 0) is 44.8 Å². The van der Waals surface area contributed by atoms with Crippen molar-refractivity contribution in [3.8, 4) is 0 Å². The average Bonchev–Trinajstić information content (AvgIpc) is 3.47. The van der Waals surface area contributed by atoms with Crippen molar-refractivity contribution in [3.63, 3.8) is 0 Å². The third-order valence-electron chi connectivity index (χ3n) is 5.81. The Morgan fingerprint density at radius 3 is 2.81 bits per heavy atom. The van der Waals surface area contributed by atoms with Gasteiger partial charge in [-0.3, -0.25) is 19.4 Å². The minimum absolute atomic E-state index is 0.0652. The first-order chi connectivity index (χ1) is 13.0. The van der Waals surface area contributed by atoms with Crippen LogP contribution in [-0.4, -0.2) is 54.0 Å². The largest absolute Gasteiger partial charge is 0.384 e.